The Hall–Kier alpha value is -1.43. The molecule has 2 aromatic carbocycles. The van der Waals surface area contributed by atoms with E-state index in [4.69, 9.17) is 5.10 Å². The predicted molar refractivity (Wildman–Crippen MR) is 134 cm³/mol. The summed E-state index contributed by atoms with van der Waals surface area (Å²) < 4.78 is 2.09. The molecule has 0 saturated heterocycles. The molecule has 3 aromatic rings. The van der Waals surface area contributed by atoms with Crippen LogP contribution in [0.2, 0.25) is 0 Å². The Labute approximate surface area is 214 Å². The van der Waals surface area contributed by atoms with Crippen molar-refractivity contribution in [1.82, 2.24) is 9.78 Å². The monoisotopic (exact) mass is 533 g/mol. The molecule has 1 unspecified atom stereocenters. The summed E-state index contributed by atoms with van der Waals surface area (Å²) in [7, 11) is 0. The largest absolute Gasteiger partial charge is 0.258 e. The Morgan fingerprint density at radius 1 is 0.970 bits per heavy atom. The topological polar surface area (TPSA) is 17.8 Å². The van der Waals surface area contributed by atoms with E-state index in [9.17, 15) is 0 Å². The summed E-state index contributed by atoms with van der Waals surface area (Å²) in [5.74, 6) is 0.606. The number of aromatic nitrogens is 2. The maximum Gasteiger partial charge on any atom is 0.0716 e. The van der Waals surface area contributed by atoms with Gasteiger partial charge in [0, 0.05) is 25.8 Å². The molecule has 1 heterocycles. The van der Waals surface area contributed by atoms with Crippen molar-refractivity contribution in [2.75, 3.05) is 0 Å². The normalized spacial score (nSPS) is 20.1. The maximum atomic E-state index is 4.80. The first-order valence-electron chi connectivity index (χ1n) is 13.1. The van der Waals surface area contributed by atoms with Crippen LogP contribution in [0.3, 0.4) is 0 Å². The summed E-state index contributed by atoms with van der Waals surface area (Å²) in [5.41, 5.74) is 6.17. The number of rotatable bonds is 7. The second kappa shape index (κ2) is 10.1. The average Bonchev–Trinajstić information content (AvgIpc) is 3.58. The molecule has 2 nitrogen and oxygen atoms in total. The van der Waals surface area contributed by atoms with E-state index in [-0.39, 0.29) is 20.4 Å². The zero-order valence-electron chi connectivity index (χ0n) is 20.6. The summed E-state index contributed by atoms with van der Waals surface area (Å²) in [6, 6.07) is 17.2. The van der Waals surface area contributed by atoms with Crippen LogP contribution in [0.25, 0.3) is 16.6 Å². The molecule has 180 valence electrons. The fourth-order valence-electron chi connectivity index (χ4n) is 6.98. The molecule has 2 aliphatic carbocycles. The number of fused-ring (bicyclic) bond motifs is 1. The summed E-state index contributed by atoms with van der Waals surface area (Å²) in [4.78, 5) is 0. The summed E-state index contributed by atoms with van der Waals surface area (Å²) in [5, 5.41) is 6.05. The second-order valence-electron chi connectivity index (χ2n) is 10.8. The van der Waals surface area contributed by atoms with Crippen molar-refractivity contribution in [3.63, 3.8) is 0 Å². The molecule has 1 aromatic heterocycles. The van der Waals surface area contributed by atoms with E-state index < -0.39 is 0 Å². The van der Waals surface area contributed by atoms with E-state index in [1.54, 1.807) is 0 Å². The standard InChI is InChI=1S/C30H39N2.Pd/c1-4-29(15-6-7-16-29)21-24-11-10-12-27(19-24)32-28-14-13-25(20-26(28)22-31-32)23(3)30(5-2)17-8-9-18-30;/h10-11,13-14,19-20,22-23H,4-9,15-18,21H2,1-3H3;/q-1;. The Morgan fingerprint density at radius 2 is 1.70 bits per heavy atom. The van der Waals surface area contributed by atoms with Crippen molar-refractivity contribution in [3.8, 4) is 5.69 Å². The minimum absolute atomic E-state index is 0. The van der Waals surface area contributed by atoms with Crippen LogP contribution in [0.15, 0.2) is 42.6 Å². The molecule has 2 saturated carbocycles. The smallest absolute Gasteiger partial charge is 0.0716 e. The minimum atomic E-state index is 0. The second-order valence-corrected chi connectivity index (χ2v) is 10.8. The summed E-state index contributed by atoms with van der Waals surface area (Å²) >= 11 is 0. The minimum Gasteiger partial charge on any atom is -0.258 e. The molecule has 33 heavy (non-hydrogen) atoms. The molecule has 3 heteroatoms. The van der Waals surface area contributed by atoms with Gasteiger partial charge in [0.15, 0.2) is 0 Å². The Morgan fingerprint density at radius 3 is 2.39 bits per heavy atom. The van der Waals surface area contributed by atoms with Crippen molar-refractivity contribution < 1.29 is 20.4 Å². The first kappa shape index (κ1) is 24.7. The molecule has 5 rings (SSSR count). The van der Waals surface area contributed by atoms with Crippen molar-refractivity contribution in [3.05, 3.63) is 59.8 Å². The van der Waals surface area contributed by atoms with E-state index in [1.807, 2.05) is 6.20 Å². The van der Waals surface area contributed by atoms with Crippen LogP contribution < -0.4 is 0 Å². The van der Waals surface area contributed by atoms with Gasteiger partial charge in [0.2, 0.25) is 0 Å². The number of hydrogen-bond acceptors (Lipinski definition) is 1. The van der Waals surface area contributed by atoms with Gasteiger partial charge < -0.3 is 0 Å². The van der Waals surface area contributed by atoms with Crippen LogP contribution in [0.4, 0.5) is 0 Å². The van der Waals surface area contributed by atoms with Gasteiger partial charge in [0.25, 0.3) is 0 Å². The fourth-order valence-corrected chi connectivity index (χ4v) is 6.98. The van der Waals surface area contributed by atoms with Gasteiger partial charge in [0.1, 0.15) is 0 Å². The molecule has 2 fully saturated rings. The molecule has 0 radical (unpaired) electrons. The maximum absolute atomic E-state index is 4.80. The predicted octanol–water partition coefficient (Wildman–Crippen LogP) is 8.41. The van der Waals surface area contributed by atoms with Crippen molar-refractivity contribution in [2.45, 2.75) is 97.3 Å². The van der Waals surface area contributed by atoms with Gasteiger partial charge in [-0.3, -0.25) is 4.68 Å². The zero-order chi connectivity index (χ0) is 22.2. The zero-order valence-corrected chi connectivity index (χ0v) is 22.2. The van der Waals surface area contributed by atoms with E-state index in [0.717, 1.165) is 5.69 Å². The molecule has 0 spiro atoms. The number of hydrogen-bond donors (Lipinski definition) is 0. The van der Waals surface area contributed by atoms with Gasteiger partial charge in [-0.1, -0.05) is 58.9 Å². The van der Waals surface area contributed by atoms with Crippen LogP contribution in [0.1, 0.15) is 102 Å². The van der Waals surface area contributed by atoms with Crippen molar-refractivity contribution in [1.29, 1.82) is 0 Å². The molecular formula is C30H39N2Pd-. The van der Waals surface area contributed by atoms with Crippen molar-refractivity contribution in [2.24, 2.45) is 10.8 Å². The van der Waals surface area contributed by atoms with Gasteiger partial charge >= 0.3 is 0 Å². The van der Waals surface area contributed by atoms with Gasteiger partial charge in [0.05, 0.1) is 11.7 Å². The number of nitrogens with zero attached hydrogens (tertiary/aromatic N) is 2. The number of benzene rings is 2. The molecule has 0 N–H and O–H groups in total. The van der Waals surface area contributed by atoms with Crippen LogP contribution >= 0.6 is 0 Å². The van der Waals surface area contributed by atoms with Gasteiger partial charge in [-0.05, 0) is 78.7 Å². The SMILES string of the molecule is CCC1(Cc2cc[c-]c(-n3ncc4cc(C(C)C5(CC)CCCC5)ccc43)c2)CCCC1.[Pd]. The van der Waals surface area contributed by atoms with Gasteiger partial charge in [-0.25, -0.2) is 0 Å². The Balaban J connectivity index is 0.00000259. The van der Waals surface area contributed by atoms with E-state index in [1.165, 1.54) is 92.7 Å². The first-order chi connectivity index (χ1) is 15.6. The van der Waals surface area contributed by atoms with Gasteiger partial charge in [-0.15, -0.1) is 6.07 Å². The van der Waals surface area contributed by atoms with E-state index in [0.29, 0.717) is 16.7 Å². The van der Waals surface area contributed by atoms with Crippen LogP contribution in [0, 0.1) is 16.9 Å². The van der Waals surface area contributed by atoms with Gasteiger partial charge in [-0.2, -0.15) is 28.9 Å². The third-order valence-corrected chi connectivity index (χ3v) is 9.39. The third-order valence-electron chi connectivity index (χ3n) is 9.39. The Bertz CT molecular complexity index is 1070. The fraction of sp³-hybridized carbons (Fsp3) is 0.567. The molecule has 0 amide bonds. The van der Waals surface area contributed by atoms with Crippen LogP contribution in [-0.4, -0.2) is 9.78 Å². The molecule has 0 aliphatic heterocycles. The average molecular weight is 534 g/mol. The Kier molecular flexibility index (Phi) is 7.52. The summed E-state index contributed by atoms with van der Waals surface area (Å²) in [6.07, 6.45) is 16.9. The summed E-state index contributed by atoms with van der Waals surface area (Å²) in [6.45, 7) is 7.20. The van der Waals surface area contributed by atoms with E-state index >= 15 is 0 Å². The van der Waals surface area contributed by atoms with Crippen molar-refractivity contribution >= 4 is 10.9 Å². The molecular weight excluding hydrogens is 495 g/mol. The molecule has 0 bridgehead atoms. The molecule has 2 aliphatic rings. The van der Waals surface area contributed by atoms with E-state index in [2.05, 4.69) is 67.9 Å². The quantitative estimate of drug-likeness (QED) is 0.220. The third kappa shape index (κ3) is 4.61. The molecule has 1 atom stereocenters. The van der Waals surface area contributed by atoms with Crippen LogP contribution in [-0.2, 0) is 26.8 Å². The first-order valence-corrected chi connectivity index (χ1v) is 13.1. The van der Waals surface area contributed by atoms with Crippen LogP contribution in [0.5, 0.6) is 0 Å².